The number of carbonyl (C=O) groups is 1. The summed E-state index contributed by atoms with van der Waals surface area (Å²) in [6, 6.07) is 0. The van der Waals surface area contributed by atoms with Gasteiger partial charge in [0.15, 0.2) is 0 Å². The Balaban J connectivity index is -0.000000608. The van der Waals surface area contributed by atoms with Gasteiger partial charge in [-0.15, -0.1) is 0 Å². The molecule has 0 aliphatic carbocycles. The molecule has 0 heterocycles. The maximum atomic E-state index is 11.3. The fourth-order valence-electron chi connectivity index (χ4n) is 3.25. The van der Waals surface area contributed by atoms with Crippen molar-refractivity contribution in [3.05, 3.63) is 0 Å². The third-order valence-corrected chi connectivity index (χ3v) is 6.72. The van der Waals surface area contributed by atoms with Crippen molar-refractivity contribution in [1.29, 1.82) is 0 Å². The molecule has 0 fully saturated rings. The molecule has 2 N–H and O–H groups in total. The Morgan fingerprint density at radius 2 is 1.19 bits per heavy atom. The van der Waals surface area contributed by atoms with E-state index in [1.54, 1.807) is 0 Å². The first-order chi connectivity index (χ1) is 16.9. The Bertz CT molecular complexity index is 776. The van der Waals surface area contributed by atoms with E-state index in [4.69, 9.17) is 4.55 Å². The van der Waals surface area contributed by atoms with Crippen LogP contribution in [-0.4, -0.2) is 100 Å². The Hall–Kier alpha value is 0.0197. The van der Waals surface area contributed by atoms with E-state index in [-0.39, 0.29) is 62.6 Å². The van der Waals surface area contributed by atoms with E-state index >= 15 is 0 Å². The summed E-state index contributed by atoms with van der Waals surface area (Å²) in [7, 11) is -8.23. The van der Waals surface area contributed by atoms with Crippen LogP contribution in [0, 0.1) is 0 Å². The van der Waals surface area contributed by atoms with Gasteiger partial charge in [0.1, 0.15) is 0 Å². The quantitative estimate of drug-likeness (QED) is 0.0629. The fraction of sp³-hybridized carbons (Fsp3) is 0.917. The van der Waals surface area contributed by atoms with Crippen LogP contribution < -0.4 is 10.4 Å². The molecule has 0 rings (SSSR count). The number of hydrogen-bond acceptors (Lipinski definition) is 8. The first-order valence-corrected chi connectivity index (χ1v) is 16.5. The van der Waals surface area contributed by atoms with E-state index in [9.17, 15) is 31.3 Å². The Kier molecular flexibility index (Phi) is 30.9. The van der Waals surface area contributed by atoms with Crippen molar-refractivity contribution in [2.24, 2.45) is 4.99 Å². The van der Waals surface area contributed by atoms with Crippen molar-refractivity contribution in [1.82, 2.24) is 5.32 Å². The number of nitrogens with one attached hydrogen (secondary N) is 1. The fourth-order valence-corrected chi connectivity index (χ4v) is 3.92. The zero-order chi connectivity index (χ0) is 27.7. The molecule has 37 heavy (non-hydrogen) atoms. The summed E-state index contributed by atoms with van der Waals surface area (Å²) >= 11 is 0. The van der Waals surface area contributed by atoms with E-state index < -0.39 is 31.7 Å². The molecule has 0 atom stereocenters. The molecule has 216 valence electrons. The molecule has 0 aliphatic heterocycles. The number of amides is 1. The average Bonchev–Trinajstić information content (AvgIpc) is 2.76. The van der Waals surface area contributed by atoms with Crippen molar-refractivity contribution in [2.45, 2.75) is 117 Å². The number of nitrogens with zero attached hydrogens (tertiary/aromatic N) is 1. The van der Waals surface area contributed by atoms with E-state index in [0.717, 1.165) is 38.5 Å². The zero-order valence-electron chi connectivity index (χ0n) is 22.9. The minimum atomic E-state index is -4.25. The van der Waals surface area contributed by atoms with Gasteiger partial charge in [-0.2, -0.15) is 8.42 Å². The maximum Gasteiger partial charge on any atom is 2.00 e. The molecule has 0 unspecified atom stereocenters. The molecule has 0 aromatic rings. The standard InChI is InChI=1S/2C12H25NO4S.Ca/c2*1-2-3-4-5-6-7-8-9-12(14)13-10-11-18(15,16)17;/h2*2-11H2,1H3,(H,13,14)(H,15,16,17);/q;;+2/p-2. The Morgan fingerprint density at radius 3 is 1.62 bits per heavy atom. The largest absolute Gasteiger partial charge is 2.00 e. The van der Waals surface area contributed by atoms with Gasteiger partial charge in [0.05, 0.1) is 28.2 Å². The number of hydrogen-bond donors (Lipinski definition) is 2. The molecule has 0 bridgehead atoms. The predicted octanol–water partition coefficient (Wildman–Crippen LogP) is 3.18. The Labute approximate surface area is 255 Å². The van der Waals surface area contributed by atoms with E-state index in [1.807, 2.05) is 0 Å². The molecule has 0 radical (unpaired) electrons. The molecule has 0 aliphatic rings. The van der Waals surface area contributed by atoms with E-state index in [0.29, 0.717) is 12.8 Å². The van der Waals surface area contributed by atoms with Crippen LogP contribution in [0.2, 0.25) is 0 Å². The molecular weight excluding hydrogens is 548 g/mol. The predicted molar refractivity (Wildman–Crippen MR) is 147 cm³/mol. The molecule has 1 amide bonds. The minimum absolute atomic E-state index is 0. The van der Waals surface area contributed by atoms with Crippen LogP contribution >= 0.6 is 0 Å². The smallest absolute Gasteiger partial charge is 0.862 e. The third kappa shape index (κ3) is 40.7. The summed E-state index contributed by atoms with van der Waals surface area (Å²) in [4.78, 5) is 14.8. The number of rotatable bonds is 22. The van der Waals surface area contributed by atoms with Crippen LogP contribution in [0.25, 0.3) is 0 Å². The van der Waals surface area contributed by atoms with Crippen LogP contribution in [0.4, 0.5) is 0 Å². The van der Waals surface area contributed by atoms with Gasteiger partial charge in [0.25, 0.3) is 10.1 Å². The van der Waals surface area contributed by atoms with Crippen molar-refractivity contribution >= 4 is 69.8 Å². The summed E-state index contributed by atoms with van der Waals surface area (Å²) in [6.07, 6.45) is 16.7. The van der Waals surface area contributed by atoms with Crippen LogP contribution in [0.1, 0.15) is 117 Å². The Morgan fingerprint density at radius 1 is 0.757 bits per heavy atom. The molecule has 10 nitrogen and oxygen atoms in total. The van der Waals surface area contributed by atoms with Crippen molar-refractivity contribution < 1.29 is 35.8 Å². The van der Waals surface area contributed by atoms with Crippen LogP contribution in [-0.2, 0) is 25.0 Å². The van der Waals surface area contributed by atoms with Crippen LogP contribution in [0.3, 0.4) is 0 Å². The second kappa shape index (κ2) is 27.6. The summed E-state index contributed by atoms with van der Waals surface area (Å²) in [5.74, 6) is -1.45. The van der Waals surface area contributed by atoms with Gasteiger partial charge < -0.3 is 20.0 Å². The summed E-state index contributed by atoms with van der Waals surface area (Å²) in [5, 5.41) is 13.7. The van der Waals surface area contributed by atoms with Crippen molar-refractivity contribution in [3.8, 4) is 0 Å². The van der Waals surface area contributed by atoms with Crippen LogP contribution in [0.15, 0.2) is 4.99 Å². The second-order valence-corrected chi connectivity index (χ2v) is 12.0. The summed E-state index contributed by atoms with van der Waals surface area (Å²) < 4.78 is 60.1. The third-order valence-electron chi connectivity index (χ3n) is 5.31. The van der Waals surface area contributed by atoms with Gasteiger partial charge in [0.2, 0.25) is 5.91 Å². The van der Waals surface area contributed by atoms with E-state index in [1.165, 1.54) is 51.4 Å². The zero-order valence-corrected chi connectivity index (χ0v) is 26.8. The molecule has 0 spiro atoms. The average molecular weight is 597 g/mol. The number of aliphatic imine (C=N–C) groups is 1. The molecule has 13 heteroatoms. The molecule has 0 saturated carbocycles. The number of unbranched alkanes of at least 4 members (excludes halogenated alkanes) is 12. The maximum absolute atomic E-state index is 11.3. The summed E-state index contributed by atoms with van der Waals surface area (Å²) in [5.41, 5.74) is 0. The first-order valence-electron chi connectivity index (χ1n) is 13.3. The van der Waals surface area contributed by atoms with Gasteiger partial charge >= 0.3 is 37.7 Å². The van der Waals surface area contributed by atoms with Gasteiger partial charge in [-0.3, -0.25) is 9.35 Å². The first kappa shape index (κ1) is 41.5. The molecule has 0 saturated heterocycles. The second-order valence-electron chi connectivity index (χ2n) is 8.92. The van der Waals surface area contributed by atoms with Gasteiger partial charge in [0, 0.05) is 13.0 Å². The monoisotopic (exact) mass is 596 g/mol. The SMILES string of the molecule is CCCCCCCCCC(=O)NCCS(=O)(=O)O.CCCCCCCCCC([O-])=NCCS(=O)(=O)[O-].[Ca+2]. The molecular formula is C24H48CaN2O8S2. The van der Waals surface area contributed by atoms with Crippen molar-refractivity contribution in [2.75, 3.05) is 24.6 Å². The topological polar surface area (TPSA) is 176 Å². The van der Waals surface area contributed by atoms with Gasteiger partial charge in [-0.25, -0.2) is 8.42 Å². The van der Waals surface area contributed by atoms with Crippen molar-refractivity contribution in [3.63, 3.8) is 0 Å². The molecule has 0 aromatic heterocycles. The minimum Gasteiger partial charge on any atom is -0.862 e. The van der Waals surface area contributed by atoms with Gasteiger partial charge in [-0.05, 0) is 25.2 Å². The molecule has 0 aromatic carbocycles. The summed E-state index contributed by atoms with van der Waals surface area (Å²) in [6.45, 7) is 4.12. The van der Waals surface area contributed by atoms with Crippen LogP contribution in [0.5, 0.6) is 0 Å². The van der Waals surface area contributed by atoms with E-state index in [2.05, 4.69) is 24.2 Å². The normalized spacial score (nSPS) is 11.8. The van der Waals surface area contributed by atoms with Gasteiger partial charge in [-0.1, -0.05) is 90.9 Å². The number of carbonyl (C=O) groups excluding carboxylic acids is 1.